The summed E-state index contributed by atoms with van der Waals surface area (Å²) in [6, 6.07) is 2.05. The Morgan fingerprint density at radius 2 is 2.37 bits per heavy atom. The highest BCUT2D eigenvalue weighted by molar-refractivity contribution is 5.76. The van der Waals surface area contributed by atoms with Crippen molar-refractivity contribution < 1.29 is 9.90 Å². The third-order valence-electron chi connectivity index (χ3n) is 3.77. The van der Waals surface area contributed by atoms with Crippen LogP contribution in [0.15, 0.2) is 0 Å². The van der Waals surface area contributed by atoms with Crippen molar-refractivity contribution in [2.75, 3.05) is 39.8 Å². The van der Waals surface area contributed by atoms with Gasteiger partial charge in [0.2, 0.25) is 5.91 Å². The van der Waals surface area contributed by atoms with Crippen molar-refractivity contribution in [2.45, 2.75) is 32.1 Å². The summed E-state index contributed by atoms with van der Waals surface area (Å²) in [5, 5.41) is 17.5. The molecule has 1 N–H and O–H groups in total. The molecule has 1 amide bonds. The second-order valence-electron chi connectivity index (χ2n) is 5.29. The average molecular weight is 267 g/mol. The van der Waals surface area contributed by atoms with E-state index in [0.717, 1.165) is 32.5 Å². The summed E-state index contributed by atoms with van der Waals surface area (Å²) in [5.74, 6) is 0.685. The van der Waals surface area contributed by atoms with Gasteiger partial charge in [0, 0.05) is 39.7 Å². The molecule has 1 fully saturated rings. The number of likely N-dealkylation sites (tertiary alicyclic amines) is 1. The van der Waals surface area contributed by atoms with Crippen LogP contribution < -0.4 is 0 Å². The molecule has 0 aromatic carbocycles. The Hall–Kier alpha value is -1.12. The van der Waals surface area contributed by atoms with Gasteiger partial charge in [-0.1, -0.05) is 0 Å². The number of nitriles is 1. The summed E-state index contributed by atoms with van der Waals surface area (Å²) in [6.07, 6.45) is 4.13. The Kier molecular flexibility index (Phi) is 7.46. The van der Waals surface area contributed by atoms with E-state index in [-0.39, 0.29) is 12.5 Å². The number of hydrogen-bond donors (Lipinski definition) is 1. The fourth-order valence-corrected chi connectivity index (χ4v) is 2.56. The summed E-state index contributed by atoms with van der Waals surface area (Å²) in [4.78, 5) is 15.8. The van der Waals surface area contributed by atoms with Crippen LogP contribution in [0.4, 0.5) is 0 Å². The first-order chi connectivity index (χ1) is 9.17. The monoisotopic (exact) mass is 267 g/mol. The van der Waals surface area contributed by atoms with Crippen molar-refractivity contribution in [3.63, 3.8) is 0 Å². The van der Waals surface area contributed by atoms with Crippen LogP contribution in [0.2, 0.25) is 0 Å². The molecule has 5 nitrogen and oxygen atoms in total. The number of hydrogen-bond acceptors (Lipinski definition) is 4. The SMILES string of the molecule is CN(CCC#N)C(=O)CCN1CCCC(CCO)C1. The number of nitrogens with zero attached hydrogens (tertiary/aromatic N) is 3. The predicted molar refractivity (Wildman–Crippen MR) is 73.4 cm³/mol. The van der Waals surface area contributed by atoms with Gasteiger partial charge in [0.25, 0.3) is 0 Å². The Morgan fingerprint density at radius 3 is 3.05 bits per heavy atom. The lowest BCUT2D eigenvalue weighted by Gasteiger charge is -2.32. The van der Waals surface area contributed by atoms with Crippen molar-refractivity contribution in [3.8, 4) is 6.07 Å². The van der Waals surface area contributed by atoms with Gasteiger partial charge in [-0.2, -0.15) is 5.26 Å². The van der Waals surface area contributed by atoms with Gasteiger partial charge >= 0.3 is 0 Å². The topological polar surface area (TPSA) is 67.6 Å². The molecule has 108 valence electrons. The third-order valence-corrected chi connectivity index (χ3v) is 3.77. The lowest BCUT2D eigenvalue weighted by atomic mass is 9.95. The van der Waals surface area contributed by atoms with Crippen LogP contribution >= 0.6 is 0 Å². The van der Waals surface area contributed by atoms with Gasteiger partial charge in [0.05, 0.1) is 12.5 Å². The molecule has 5 heteroatoms. The van der Waals surface area contributed by atoms with E-state index in [1.54, 1.807) is 11.9 Å². The minimum Gasteiger partial charge on any atom is -0.396 e. The number of aliphatic hydroxyl groups is 1. The maximum absolute atomic E-state index is 11.8. The molecule has 1 atom stereocenters. The molecular weight excluding hydrogens is 242 g/mol. The lowest BCUT2D eigenvalue weighted by molar-refractivity contribution is -0.130. The molecule has 1 aliphatic rings. The summed E-state index contributed by atoms with van der Waals surface area (Å²) in [7, 11) is 1.75. The number of amides is 1. The Morgan fingerprint density at radius 1 is 1.58 bits per heavy atom. The summed E-state index contributed by atoms with van der Waals surface area (Å²) in [5.41, 5.74) is 0. The van der Waals surface area contributed by atoms with Crippen molar-refractivity contribution in [1.82, 2.24) is 9.80 Å². The number of carbonyl (C=O) groups is 1. The molecule has 0 bridgehead atoms. The van der Waals surface area contributed by atoms with Gasteiger partial charge in [0.15, 0.2) is 0 Å². The van der Waals surface area contributed by atoms with Crippen LogP contribution in [0.1, 0.15) is 32.1 Å². The first-order valence-corrected chi connectivity index (χ1v) is 7.11. The van der Waals surface area contributed by atoms with Gasteiger partial charge in [0.1, 0.15) is 0 Å². The molecule has 1 unspecified atom stereocenters. The smallest absolute Gasteiger partial charge is 0.223 e. The molecule has 1 aliphatic heterocycles. The largest absolute Gasteiger partial charge is 0.396 e. The van der Waals surface area contributed by atoms with Crippen LogP contribution in [0.3, 0.4) is 0 Å². The fourth-order valence-electron chi connectivity index (χ4n) is 2.56. The lowest BCUT2D eigenvalue weighted by Crippen LogP contribution is -2.38. The third kappa shape index (κ3) is 6.04. The number of aliphatic hydroxyl groups excluding tert-OH is 1. The first kappa shape index (κ1) is 15.9. The zero-order valence-corrected chi connectivity index (χ0v) is 11.8. The fraction of sp³-hybridized carbons (Fsp3) is 0.857. The van der Waals surface area contributed by atoms with Gasteiger partial charge < -0.3 is 14.9 Å². The molecule has 1 saturated heterocycles. The number of carbonyl (C=O) groups excluding carboxylic acids is 1. The Bertz CT molecular complexity index is 312. The van der Waals surface area contributed by atoms with Crippen LogP contribution in [0.5, 0.6) is 0 Å². The molecule has 0 spiro atoms. The minimum absolute atomic E-state index is 0.111. The quantitative estimate of drug-likeness (QED) is 0.742. The maximum Gasteiger partial charge on any atom is 0.223 e. The van der Waals surface area contributed by atoms with Gasteiger partial charge in [-0.3, -0.25) is 4.79 Å². The van der Waals surface area contributed by atoms with Crippen LogP contribution in [0.25, 0.3) is 0 Å². The number of piperidine rings is 1. The summed E-state index contributed by atoms with van der Waals surface area (Å²) < 4.78 is 0. The van der Waals surface area contributed by atoms with Crippen molar-refractivity contribution in [2.24, 2.45) is 5.92 Å². The average Bonchev–Trinajstić information content (AvgIpc) is 2.43. The van der Waals surface area contributed by atoms with Crippen LogP contribution in [-0.2, 0) is 4.79 Å². The van der Waals surface area contributed by atoms with Gasteiger partial charge in [-0.15, -0.1) is 0 Å². The molecule has 0 aromatic rings. The predicted octanol–water partition coefficient (Wildman–Crippen LogP) is 0.843. The highest BCUT2D eigenvalue weighted by atomic mass is 16.3. The molecule has 0 radical (unpaired) electrons. The molecule has 0 aliphatic carbocycles. The maximum atomic E-state index is 11.8. The summed E-state index contributed by atoms with van der Waals surface area (Å²) in [6.45, 7) is 3.61. The highest BCUT2D eigenvalue weighted by Gasteiger charge is 2.20. The highest BCUT2D eigenvalue weighted by Crippen LogP contribution is 2.19. The Labute approximate surface area is 115 Å². The van der Waals surface area contributed by atoms with E-state index < -0.39 is 0 Å². The van der Waals surface area contributed by atoms with Crippen molar-refractivity contribution in [3.05, 3.63) is 0 Å². The van der Waals surface area contributed by atoms with E-state index >= 15 is 0 Å². The van der Waals surface area contributed by atoms with E-state index in [1.165, 1.54) is 6.42 Å². The first-order valence-electron chi connectivity index (χ1n) is 7.11. The molecular formula is C14H25N3O2. The van der Waals surface area contributed by atoms with Crippen molar-refractivity contribution >= 4 is 5.91 Å². The zero-order chi connectivity index (χ0) is 14.1. The van der Waals surface area contributed by atoms with Crippen LogP contribution in [0, 0.1) is 17.2 Å². The van der Waals surface area contributed by atoms with Crippen molar-refractivity contribution in [1.29, 1.82) is 5.26 Å². The van der Waals surface area contributed by atoms with Gasteiger partial charge in [-0.25, -0.2) is 0 Å². The normalized spacial score (nSPS) is 19.9. The standard InChI is InChI=1S/C14H25N3O2/c1-16(8-3-7-15)14(19)5-10-17-9-2-4-13(12-17)6-11-18/h13,18H,2-6,8-12H2,1H3. The van der Waals surface area contributed by atoms with E-state index in [0.29, 0.717) is 25.3 Å². The van der Waals surface area contributed by atoms with Crippen LogP contribution in [-0.4, -0.2) is 60.6 Å². The molecule has 1 rings (SSSR count). The molecule has 19 heavy (non-hydrogen) atoms. The van der Waals surface area contributed by atoms with E-state index in [1.807, 2.05) is 0 Å². The van der Waals surface area contributed by atoms with Gasteiger partial charge in [-0.05, 0) is 31.7 Å². The molecule has 1 heterocycles. The molecule has 0 saturated carbocycles. The second kappa shape index (κ2) is 8.89. The zero-order valence-electron chi connectivity index (χ0n) is 11.8. The van der Waals surface area contributed by atoms with E-state index in [9.17, 15) is 4.79 Å². The molecule has 0 aromatic heterocycles. The minimum atomic E-state index is 0.111. The number of rotatable bonds is 7. The second-order valence-corrected chi connectivity index (χ2v) is 5.29. The summed E-state index contributed by atoms with van der Waals surface area (Å²) >= 11 is 0. The Balaban J connectivity index is 2.24. The van der Waals surface area contributed by atoms with E-state index in [4.69, 9.17) is 10.4 Å². The van der Waals surface area contributed by atoms with E-state index in [2.05, 4.69) is 11.0 Å².